The highest BCUT2D eigenvalue weighted by Gasteiger charge is 2.34. The smallest absolute Gasteiger partial charge is 0.293 e. The van der Waals surface area contributed by atoms with Gasteiger partial charge in [0.25, 0.3) is 5.91 Å². The van der Waals surface area contributed by atoms with E-state index in [9.17, 15) is 18.8 Å². The Hall–Kier alpha value is -3.79. The summed E-state index contributed by atoms with van der Waals surface area (Å²) in [4.78, 5) is 44.4. The monoisotopic (exact) mass is 480 g/mol. The lowest BCUT2D eigenvalue weighted by molar-refractivity contribution is -0.146. The fourth-order valence-electron chi connectivity index (χ4n) is 4.72. The Kier molecular flexibility index (Phi) is 6.45. The molecule has 10 heteroatoms. The number of hydrogen-bond acceptors (Lipinski definition) is 6. The van der Waals surface area contributed by atoms with E-state index >= 15 is 0 Å². The molecule has 35 heavy (non-hydrogen) atoms. The zero-order valence-electron chi connectivity index (χ0n) is 19.0. The van der Waals surface area contributed by atoms with Crippen molar-refractivity contribution in [2.24, 2.45) is 5.92 Å². The summed E-state index contributed by atoms with van der Waals surface area (Å²) in [6.07, 6.45) is 4.26. The van der Waals surface area contributed by atoms with Crippen LogP contribution in [0.1, 0.15) is 36.2 Å². The summed E-state index contributed by atoms with van der Waals surface area (Å²) in [5, 5.41) is 5.53. The van der Waals surface area contributed by atoms with Crippen molar-refractivity contribution < 1.29 is 27.9 Å². The molecule has 2 aliphatic rings. The molecule has 1 saturated carbocycles. The van der Waals surface area contributed by atoms with Crippen LogP contribution in [0.3, 0.4) is 0 Å². The molecule has 2 aromatic heterocycles. The van der Waals surface area contributed by atoms with Crippen molar-refractivity contribution in [3.63, 3.8) is 0 Å². The van der Waals surface area contributed by atoms with E-state index in [-0.39, 0.29) is 41.8 Å². The van der Waals surface area contributed by atoms with Gasteiger partial charge in [-0.15, -0.1) is 0 Å². The summed E-state index contributed by atoms with van der Waals surface area (Å²) in [5.74, 6) is -1.57. The van der Waals surface area contributed by atoms with Gasteiger partial charge in [-0.05, 0) is 62.1 Å². The third kappa shape index (κ3) is 4.88. The van der Waals surface area contributed by atoms with Gasteiger partial charge in [0.1, 0.15) is 23.6 Å². The van der Waals surface area contributed by atoms with Crippen LogP contribution in [0.15, 0.2) is 47.0 Å². The third-order valence-electron chi connectivity index (χ3n) is 6.53. The SMILES string of the molecule is O=C(Nc1ccc(F)cc1)c1oc2cccnc2c1NC(=O)[C@H]1CC[C@H](N2CCOCC2=O)CC1. The Morgan fingerprint density at radius 1 is 1.06 bits per heavy atom. The van der Waals surface area contributed by atoms with Gasteiger partial charge in [0.05, 0.1) is 6.61 Å². The van der Waals surface area contributed by atoms with Gasteiger partial charge in [0.15, 0.2) is 5.58 Å². The first-order valence-corrected chi connectivity index (χ1v) is 11.6. The van der Waals surface area contributed by atoms with Crippen molar-refractivity contribution in [3.05, 3.63) is 54.2 Å². The predicted octanol–water partition coefficient (Wildman–Crippen LogP) is 3.58. The summed E-state index contributed by atoms with van der Waals surface area (Å²) < 4.78 is 24.2. The Morgan fingerprint density at radius 3 is 2.57 bits per heavy atom. The number of ether oxygens (including phenoxy) is 1. The quantitative estimate of drug-likeness (QED) is 0.577. The summed E-state index contributed by atoms with van der Waals surface area (Å²) in [7, 11) is 0. The summed E-state index contributed by atoms with van der Waals surface area (Å²) in [6.45, 7) is 1.23. The minimum Gasteiger partial charge on any atom is -0.447 e. The topological polar surface area (TPSA) is 114 Å². The van der Waals surface area contributed by atoms with Crippen molar-refractivity contribution in [2.45, 2.75) is 31.7 Å². The van der Waals surface area contributed by atoms with Crippen LogP contribution >= 0.6 is 0 Å². The number of fused-ring (bicyclic) bond motifs is 1. The van der Waals surface area contributed by atoms with Gasteiger partial charge in [-0.25, -0.2) is 4.39 Å². The molecule has 0 atom stereocenters. The second kappa shape index (κ2) is 9.83. The Balaban J connectivity index is 1.30. The second-order valence-corrected chi connectivity index (χ2v) is 8.75. The van der Waals surface area contributed by atoms with Crippen LogP contribution in [0.25, 0.3) is 11.1 Å². The number of nitrogens with one attached hydrogen (secondary N) is 2. The Morgan fingerprint density at radius 2 is 1.83 bits per heavy atom. The lowest BCUT2D eigenvalue weighted by Gasteiger charge is -2.38. The molecule has 3 amide bonds. The van der Waals surface area contributed by atoms with Crippen molar-refractivity contribution >= 4 is 40.2 Å². The van der Waals surface area contributed by atoms with Crippen LogP contribution in [0.2, 0.25) is 0 Å². The van der Waals surface area contributed by atoms with Gasteiger partial charge in [0, 0.05) is 30.4 Å². The van der Waals surface area contributed by atoms with Crippen LogP contribution < -0.4 is 10.6 Å². The molecule has 3 aromatic rings. The molecule has 5 rings (SSSR count). The number of hydrogen-bond donors (Lipinski definition) is 2. The van der Waals surface area contributed by atoms with E-state index in [1.165, 1.54) is 24.3 Å². The number of morpholine rings is 1. The zero-order chi connectivity index (χ0) is 24.4. The number of benzene rings is 1. The van der Waals surface area contributed by atoms with E-state index in [0.29, 0.717) is 42.8 Å². The molecule has 1 aliphatic carbocycles. The number of nitrogens with zero attached hydrogens (tertiary/aromatic N) is 2. The van der Waals surface area contributed by atoms with E-state index < -0.39 is 11.7 Å². The van der Waals surface area contributed by atoms with Crippen LogP contribution in [0.5, 0.6) is 0 Å². The summed E-state index contributed by atoms with van der Waals surface area (Å²) in [6, 6.07) is 8.79. The van der Waals surface area contributed by atoms with Crippen molar-refractivity contribution in [1.29, 1.82) is 0 Å². The van der Waals surface area contributed by atoms with Crippen LogP contribution in [-0.4, -0.2) is 53.4 Å². The first-order valence-electron chi connectivity index (χ1n) is 11.6. The first kappa shape index (κ1) is 23.0. The molecule has 2 fully saturated rings. The maximum atomic E-state index is 13.2. The van der Waals surface area contributed by atoms with E-state index in [4.69, 9.17) is 9.15 Å². The number of pyridine rings is 1. The molecule has 1 aliphatic heterocycles. The highest BCUT2D eigenvalue weighted by atomic mass is 19.1. The maximum absolute atomic E-state index is 13.2. The fraction of sp³-hybridized carbons (Fsp3) is 0.360. The molecule has 3 heterocycles. The summed E-state index contributed by atoms with van der Waals surface area (Å²) >= 11 is 0. The third-order valence-corrected chi connectivity index (χ3v) is 6.53. The van der Waals surface area contributed by atoms with Gasteiger partial charge in [-0.1, -0.05) is 0 Å². The van der Waals surface area contributed by atoms with Crippen molar-refractivity contribution in [1.82, 2.24) is 9.88 Å². The Labute approximate surface area is 200 Å². The highest BCUT2D eigenvalue weighted by molar-refractivity contribution is 6.13. The second-order valence-electron chi connectivity index (χ2n) is 8.75. The molecule has 1 saturated heterocycles. The van der Waals surface area contributed by atoms with Gasteiger partial charge in [-0.3, -0.25) is 19.4 Å². The van der Waals surface area contributed by atoms with E-state index in [2.05, 4.69) is 15.6 Å². The molecule has 2 N–H and O–H groups in total. The molecule has 0 bridgehead atoms. The van der Waals surface area contributed by atoms with E-state index in [1.54, 1.807) is 18.3 Å². The number of halogens is 1. The average Bonchev–Trinajstić information content (AvgIpc) is 3.24. The summed E-state index contributed by atoms with van der Waals surface area (Å²) in [5.41, 5.74) is 1.33. The number of carbonyl (C=O) groups is 3. The normalized spacial score (nSPS) is 20.6. The molecular formula is C25H25FN4O5. The van der Waals surface area contributed by atoms with Crippen molar-refractivity contribution in [3.8, 4) is 0 Å². The fourth-order valence-corrected chi connectivity index (χ4v) is 4.72. The highest BCUT2D eigenvalue weighted by Crippen LogP contribution is 2.33. The average molecular weight is 480 g/mol. The molecule has 182 valence electrons. The van der Waals surface area contributed by atoms with Crippen LogP contribution in [0, 0.1) is 11.7 Å². The number of aromatic nitrogens is 1. The van der Waals surface area contributed by atoms with Gasteiger partial charge in [-0.2, -0.15) is 0 Å². The maximum Gasteiger partial charge on any atom is 0.293 e. The lowest BCUT2D eigenvalue weighted by Crippen LogP contribution is -2.49. The number of anilines is 2. The molecule has 0 unspecified atom stereocenters. The van der Waals surface area contributed by atoms with Crippen LogP contribution in [-0.2, 0) is 14.3 Å². The van der Waals surface area contributed by atoms with Gasteiger partial charge < -0.3 is 24.7 Å². The van der Waals surface area contributed by atoms with Crippen LogP contribution in [0.4, 0.5) is 15.8 Å². The number of carbonyl (C=O) groups excluding carboxylic acids is 3. The van der Waals surface area contributed by atoms with E-state index in [0.717, 1.165) is 12.8 Å². The number of amides is 3. The molecule has 0 spiro atoms. The molecular weight excluding hydrogens is 455 g/mol. The van der Waals surface area contributed by atoms with Gasteiger partial charge in [0.2, 0.25) is 17.6 Å². The molecule has 9 nitrogen and oxygen atoms in total. The molecule has 1 aromatic carbocycles. The zero-order valence-corrected chi connectivity index (χ0v) is 19.0. The largest absolute Gasteiger partial charge is 0.447 e. The lowest BCUT2D eigenvalue weighted by atomic mass is 9.84. The first-order chi connectivity index (χ1) is 17.0. The number of rotatable bonds is 5. The number of furan rings is 1. The standard InChI is InChI=1S/C25H25FN4O5/c26-16-5-7-17(8-6-16)28-25(33)23-22(21-19(35-23)2-1-11-27-21)29-24(32)15-3-9-18(10-4-15)30-12-13-34-14-20(30)31/h1-2,5-8,11,15,18H,3-4,9-10,12-14H2,(H,28,33)(H,29,32)/t15-,18-. The predicted molar refractivity (Wildman–Crippen MR) is 125 cm³/mol. The molecule has 0 radical (unpaired) electrons. The Bertz CT molecular complexity index is 1250. The minimum absolute atomic E-state index is 0.00287. The van der Waals surface area contributed by atoms with Crippen molar-refractivity contribution in [2.75, 3.05) is 30.4 Å². The minimum atomic E-state index is -0.584. The van der Waals surface area contributed by atoms with E-state index in [1.807, 2.05) is 4.90 Å². The van der Waals surface area contributed by atoms with Gasteiger partial charge >= 0.3 is 0 Å².